The monoisotopic (exact) mass is 371 g/mol. The fourth-order valence-electron chi connectivity index (χ4n) is 3.22. The van der Waals surface area contributed by atoms with Crippen LogP contribution in [0.3, 0.4) is 0 Å². The van der Waals surface area contributed by atoms with Crippen molar-refractivity contribution in [2.45, 2.75) is 6.92 Å². The third-order valence-corrected chi connectivity index (χ3v) is 4.62. The normalized spacial score (nSPS) is 12.2. The van der Waals surface area contributed by atoms with Crippen molar-refractivity contribution in [1.29, 1.82) is 0 Å². The van der Waals surface area contributed by atoms with Crippen LogP contribution < -0.4 is 10.1 Å². The molecule has 0 unspecified atom stereocenters. The summed E-state index contributed by atoms with van der Waals surface area (Å²) < 4.78 is 5.48. The minimum atomic E-state index is -0.409. The maximum absolute atomic E-state index is 12.9. The molecule has 0 atom stereocenters. The molecule has 0 aliphatic heterocycles. The molecule has 0 spiro atoms. The number of hydrogen-bond acceptors (Lipinski definition) is 4. The first-order valence-corrected chi connectivity index (χ1v) is 8.85. The Kier molecular flexibility index (Phi) is 4.49. The Morgan fingerprint density at radius 3 is 2.18 bits per heavy atom. The molecule has 0 bridgehead atoms. The van der Waals surface area contributed by atoms with Crippen LogP contribution in [-0.4, -0.2) is 24.1 Å². The molecule has 1 aliphatic carbocycles. The van der Waals surface area contributed by atoms with E-state index in [2.05, 4.69) is 5.32 Å². The summed E-state index contributed by atoms with van der Waals surface area (Å²) in [5, 5.41) is 2.70. The zero-order valence-corrected chi connectivity index (χ0v) is 15.2. The highest BCUT2D eigenvalue weighted by Gasteiger charge is 2.31. The molecule has 5 heteroatoms. The molecule has 0 saturated heterocycles. The highest BCUT2D eigenvalue weighted by atomic mass is 16.5. The standard InChI is InChI=1S/C23H17NO4/c1-14-9-11-15(12-10-14)28-13-20(25)24-19-8-4-7-18-21(19)23(27)17-6-3-2-5-16(17)22(18)26/h2-12H,13H2,1H3,(H,24,25). The number of carbonyl (C=O) groups is 3. The predicted molar refractivity (Wildman–Crippen MR) is 105 cm³/mol. The first-order valence-electron chi connectivity index (χ1n) is 8.85. The van der Waals surface area contributed by atoms with Crippen LogP contribution in [-0.2, 0) is 4.79 Å². The van der Waals surface area contributed by atoms with Crippen LogP contribution in [0.2, 0.25) is 0 Å². The lowest BCUT2D eigenvalue weighted by Crippen LogP contribution is -2.25. The first-order chi connectivity index (χ1) is 13.5. The summed E-state index contributed by atoms with van der Waals surface area (Å²) in [6.45, 7) is 1.76. The number of ether oxygens (including phenoxy) is 1. The minimum Gasteiger partial charge on any atom is -0.484 e. The maximum Gasteiger partial charge on any atom is 0.262 e. The van der Waals surface area contributed by atoms with E-state index in [9.17, 15) is 14.4 Å². The molecular weight excluding hydrogens is 354 g/mol. The smallest absolute Gasteiger partial charge is 0.262 e. The Balaban J connectivity index is 1.56. The summed E-state index contributed by atoms with van der Waals surface area (Å²) in [5.74, 6) is -0.332. The van der Waals surface area contributed by atoms with E-state index in [4.69, 9.17) is 4.74 Å². The number of rotatable bonds is 4. The van der Waals surface area contributed by atoms with Gasteiger partial charge >= 0.3 is 0 Å². The molecule has 0 aromatic heterocycles. The number of fused-ring (bicyclic) bond motifs is 2. The van der Waals surface area contributed by atoms with Gasteiger partial charge in [-0.15, -0.1) is 0 Å². The Morgan fingerprint density at radius 2 is 1.46 bits per heavy atom. The summed E-state index contributed by atoms with van der Waals surface area (Å²) in [7, 11) is 0. The number of anilines is 1. The van der Waals surface area contributed by atoms with Gasteiger partial charge in [0.05, 0.1) is 11.3 Å². The SMILES string of the molecule is Cc1ccc(OCC(=O)Nc2cccc3c2C(=O)c2ccccc2C3=O)cc1. The van der Waals surface area contributed by atoms with Gasteiger partial charge in [0.15, 0.2) is 18.2 Å². The van der Waals surface area contributed by atoms with Gasteiger partial charge in [0.25, 0.3) is 5.91 Å². The summed E-state index contributed by atoms with van der Waals surface area (Å²) >= 11 is 0. The van der Waals surface area contributed by atoms with Crippen LogP contribution in [0.4, 0.5) is 5.69 Å². The van der Waals surface area contributed by atoms with E-state index in [1.165, 1.54) is 0 Å². The first kappa shape index (κ1) is 17.7. The van der Waals surface area contributed by atoms with Crippen molar-refractivity contribution in [3.63, 3.8) is 0 Å². The Bertz CT molecular complexity index is 1100. The molecule has 3 aromatic rings. The molecular formula is C23H17NO4. The molecule has 0 saturated carbocycles. The third kappa shape index (κ3) is 3.18. The Morgan fingerprint density at radius 1 is 0.821 bits per heavy atom. The Labute approximate surface area is 162 Å². The molecule has 138 valence electrons. The number of hydrogen-bond donors (Lipinski definition) is 1. The number of amides is 1. The van der Waals surface area contributed by atoms with Crippen LogP contribution in [0, 0.1) is 6.92 Å². The molecule has 28 heavy (non-hydrogen) atoms. The predicted octanol–water partition coefficient (Wildman–Crippen LogP) is 3.79. The van der Waals surface area contributed by atoms with E-state index in [0.29, 0.717) is 28.1 Å². The minimum absolute atomic E-state index is 0.203. The molecule has 3 aromatic carbocycles. The van der Waals surface area contributed by atoms with Gasteiger partial charge in [0, 0.05) is 16.7 Å². The van der Waals surface area contributed by atoms with Crippen LogP contribution in [0.1, 0.15) is 37.4 Å². The number of aryl methyl sites for hydroxylation is 1. The van der Waals surface area contributed by atoms with Gasteiger partial charge in [-0.1, -0.05) is 54.1 Å². The number of carbonyl (C=O) groups excluding carboxylic acids is 3. The van der Waals surface area contributed by atoms with E-state index in [1.807, 2.05) is 19.1 Å². The summed E-state index contributed by atoms with van der Waals surface area (Å²) in [5.41, 5.74) is 2.64. The van der Waals surface area contributed by atoms with Gasteiger partial charge in [-0.2, -0.15) is 0 Å². The van der Waals surface area contributed by atoms with Crippen molar-refractivity contribution in [1.82, 2.24) is 0 Å². The molecule has 1 amide bonds. The highest BCUT2D eigenvalue weighted by Crippen LogP contribution is 2.31. The summed E-state index contributed by atoms with van der Waals surface area (Å²) in [6, 6.07) is 18.9. The number of nitrogens with one attached hydrogen (secondary N) is 1. The van der Waals surface area contributed by atoms with Crippen molar-refractivity contribution in [2.75, 3.05) is 11.9 Å². The van der Waals surface area contributed by atoms with Crippen molar-refractivity contribution >= 4 is 23.2 Å². The molecule has 0 radical (unpaired) electrons. The molecule has 0 heterocycles. The Hall–Kier alpha value is -3.73. The van der Waals surface area contributed by atoms with E-state index >= 15 is 0 Å². The lowest BCUT2D eigenvalue weighted by molar-refractivity contribution is -0.118. The lowest BCUT2D eigenvalue weighted by Gasteiger charge is -2.20. The fourth-order valence-corrected chi connectivity index (χ4v) is 3.22. The van der Waals surface area contributed by atoms with Crippen molar-refractivity contribution < 1.29 is 19.1 Å². The average molecular weight is 371 g/mol. The second kappa shape index (κ2) is 7.12. The van der Waals surface area contributed by atoms with Gasteiger partial charge in [-0.05, 0) is 25.1 Å². The molecule has 1 aliphatic rings. The largest absolute Gasteiger partial charge is 0.484 e. The number of benzene rings is 3. The topological polar surface area (TPSA) is 72.5 Å². The van der Waals surface area contributed by atoms with Gasteiger partial charge < -0.3 is 10.1 Å². The van der Waals surface area contributed by atoms with E-state index < -0.39 is 5.91 Å². The highest BCUT2D eigenvalue weighted by molar-refractivity contribution is 6.30. The van der Waals surface area contributed by atoms with Crippen molar-refractivity contribution in [3.8, 4) is 5.75 Å². The maximum atomic E-state index is 12.9. The van der Waals surface area contributed by atoms with Gasteiger partial charge in [-0.3, -0.25) is 14.4 Å². The quantitative estimate of drug-likeness (QED) is 0.592. The molecule has 5 nitrogen and oxygen atoms in total. The third-order valence-electron chi connectivity index (χ3n) is 4.62. The molecule has 0 fully saturated rings. The molecule has 1 N–H and O–H groups in total. The zero-order chi connectivity index (χ0) is 19.7. The van der Waals surface area contributed by atoms with E-state index in [1.54, 1.807) is 54.6 Å². The van der Waals surface area contributed by atoms with Crippen LogP contribution in [0.15, 0.2) is 66.7 Å². The second-order valence-corrected chi connectivity index (χ2v) is 6.58. The summed E-state index contributed by atoms with van der Waals surface area (Å²) in [6.07, 6.45) is 0. The number of ketones is 2. The van der Waals surface area contributed by atoms with Crippen molar-refractivity contribution in [3.05, 3.63) is 94.5 Å². The molecule has 4 rings (SSSR count). The van der Waals surface area contributed by atoms with Gasteiger partial charge in [0.1, 0.15) is 5.75 Å². The fraction of sp³-hybridized carbons (Fsp3) is 0.0870. The van der Waals surface area contributed by atoms with E-state index in [-0.39, 0.29) is 23.7 Å². The van der Waals surface area contributed by atoms with Crippen molar-refractivity contribution in [2.24, 2.45) is 0 Å². The average Bonchev–Trinajstić information content (AvgIpc) is 2.71. The van der Waals surface area contributed by atoms with Crippen LogP contribution in [0.5, 0.6) is 5.75 Å². The zero-order valence-electron chi connectivity index (χ0n) is 15.2. The van der Waals surface area contributed by atoms with Crippen LogP contribution >= 0.6 is 0 Å². The van der Waals surface area contributed by atoms with Gasteiger partial charge in [0.2, 0.25) is 0 Å². The van der Waals surface area contributed by atoms with Gasteiger partial charge in [-0.25, -0.2) is 0 Å². The summed E-state index contributed by atoms with van der Waals surface area (Å²) in [4.78, 5) is 38.0. The second-order valence-electron chi connectivity index (χ2n) is 6.58. The van der Waals surface area contributed by atoms with Crippen LogP contribution in [0.25, 0.3) is 0 Å². The lowest BCUT2D eigenvalue weighted by atomic mass is 9.83. The van der Waals surface area contributed by atoms with E-state index in [0.717, 1.165) is 5.56 Å².